The van der Waals surface area contributed by atoms with Gasteiger partial charge in [-0.2, -0.15) is 0 Å². The normalized spacial score (nSPS) is 15.3. The predicted molar refractivity (Wildman–Crippen MR) is 53.0 cm³/mol. The van der Waals surface area contributed by atoms with Crippen LogP contribution in [0.25, 0.3) is 0 Å². The Hall–Kier alpha value is -1.38. The molecule has 1 N–H and O–H groups in total. The van der Waals surface area contributed by atoms with Crippen LogP contribution in [0.15, 0.2) is 18.2 Å². The Labute approximate surface area is 82.1 Å². The third-order valence-electron chi connectivity index (χ3n) is 2.25. The van der Waals surface area contributed by atoms with Crippen LogP contribution >= 0.6 is 0 Å². The van der Waals surface area contributed by atoms with Gasteiger partial charge in [-0.3, -0.25) is 4.79 Å². The number of anilines is 1. The summed E-state index contributed by atoms with van der Waals surface area (Å²) in [4.78, 5) is 11.1. The summed E-state index contributed by atoms with van der Waals surface area (Å²) in [5, 5.41) is 3.16. The van der Waals surface area contributed by atoms with Crippen LogP contribution < -0.4 is 5.32 Å². The number of carbonyl (C=O) groups excluding carboxylic acids is 1. The van der Waals surface area contributed by atoms with E-state index in [-0.39, 0.29) is 11.6 Å². The Morgan fingerprint density at radius 1 is 1.43 bits per heavy atom. The van der Waals surface area contributed by atoms with Gasteiger partial charge in [0.05, 0.1) is 0 Å². The summed E-state index contributed by atoms with van der Waals surface area (Å²) in [6.07, 6.45) is 2.26. The Bertz CT molecular complexity index is 372. The van der Waals surface area contributed by atoms with Crippen LogP contribution in [0, 0.1) is 5.82 Å². The third kappa shape index (κ3) is 2.10. The molecule has 1 fully saturated rings. The van der Waals surface area contributed by atoms with Crippen molar-refractivity contribution >= 4 is 11.5 Å². The third-order valence-corrected chi connectivity index (χ3v) is 2.25. The molecule has 0 unspecified atom stereocenters. The van der Waals surface area contributed by atoms with Gasteiger partial charge in [0.2, 0.25) is 0 Å². The molecule has 2 nitrogen and oxygen atoms in total. The predicted octanol–water partition coefficient (Wildman–Crippen LogP) is 2.60. The summed E-state index contributed by atoms with van der Waals surface area (Å²) in [5.41, 5.74) is 1.13. The van der Waals surface area contributed by atoms with Crippen molar-refractivity contribution in [1.82, 2.24) is 0 Å². The van der Waals surface area contributed by atoms with Crippen molar-refractivity contribution in [1.29, 1.82) is 0 Å². The second-order valence-corrected chi connectivity index (χ2v) is 3.70. The summed E-state index contributed by atoms with van der Waals surface area (Å²) >= 11 is 0. The first kappa shape index (κ1) is 9.19. The van der Waals surface area contributed by atoms with Crippen molar-refractivity contribution in [3.05, 3.63) is 29.6 Å². The standard InChI is InChI=1S/C11H12FNO/c1-7(14)8-4-9(12)6-11(5-8)13-10-2-3-10/h4-6,10,13H,2-3H2,1H3. The summed E-state index contributed by atoms with van der Waals surface area (Å²) in [5.74, 6) is -0.468. The molecular weight excluding hydrogens is 181 g/mol. The van der Waals surface area contributed by atoms with Crippen LogP contribution in [-0.2, 0) is 0 Å². The highest BCUT2D eigenvalue weighted by molar-refractivity contribution is 5.95. The van der Waals surface area contributed by atoms with Gasteiger partial charge >= 0.3 is 0 Å². The molecule has 0 spiro atoms. The summed E-state index contributed by atoms with van der Waals surface area (Å²) < 4.78 is 13.1. The van der Waals surface area contributed by atoms with Crippen molar-refractivity contribution in [2.75, 3.05) is 5.32 Å². The second kappa shape index (κ2) is 3.40. The van der Waals surface area contributed by atoms with Crippen molar-refractivity contribution in [3.63, 3.8) is 0 Å². The van der Waals surface area contributed by atoms with E-state index in [1.54, 1.807) is 6.07 Å². The van der Waals surface area contributed by atoms with Crippen LogP contribution in [0.4, 0.5) is 10.1 Å². The monoisotopic (exact) mass is 193 g/mol. The lowest BCUT2D eigenvalue weighted by Crippen LogP contribution is -2.03. The number of hydrogen-bond acceptors (Lipinski definition) is 2. The minimum Gasteiger partial charge on any atom is -0.382 e. The number of hydrogen-bond donors (Lipinski definition) is 1. The maximum absolute atomic E-state index is 13.1. The fourth-order valence-corrected chi connectivity index (χ4v) is 1.34. The molecular formula is C11H12FNO. The maximum Gasteiger partial charge on any atom is 0.159 e. The number of carbonyl (C=O) groups is 1. The van der Waals surface area contributed by atoms with Gasteiger partial charge in [-0.25, -0.2) is 4.39 Å². The average molecular weight is 193 g/mol. The van der Waals surface area contributed by atoms with Gasteiger partial charge in [-0.15, -0.1) is 0 Å². The largest absolute Gasteiger partial charge is 0.382 e. The fourth-order valence-electron chi connectivity index (χ4n) is 1.34. The van der Waals surface area contributed by atoms with Crippen molar-refractivity contribution < 1.29 is 9.18 Å². The topological polar surface area (TPSA) is 29.1 Å². The van der Waals surface area contributed by atoms with Crippen molar-refractivity contribution in [2.45, 2.75) is 25.8 Å². The molecule has 2 rings (SSSR count). The molecule has 0 radical (unpaired) electrons. The molecule has 0 amide bonds. The summed E-state index contributed by atoms with van der Waals surface area (Å²) in [6.45, 7) is 1.44. The van der Waals surface area contributed by atoms with E-state index < -0.39 is 0 Å². The molecule has 1 aliphatic rings. The van der Waals surface area contributed by atoms with E-state index in [0.717, 1.165) is 12.8 Å². The molecule has 0 bridgehead atoms. The first-order valence-corrected chi connectivity index (χ1v) is 4.73. The smallest absolute Gasteiger partial charge is 0.159 e. The van der Waals surface area contributed by atoms with Crippen LogP contribution in [0.1, 0.15) is 30.1 Å². The van der Waals surface area contributed by atoms with Gasteiger partial charge in [-0.05, 0) is 38.0 Å². The van der Waals surface area contributed by atoms with Crippen LogP contribution in [0.2, 0.25) is 0 Å². The second-order valence-electron chi connectivity index (χ2n) is 3.70. The van der Waals surface area contributed by atoms with Gasteiger partial charge in [0.1, 0.15) is 5.82 Å². The molecule has 3 heteroatoms. The Morgan fingerprint density at radius 2 is 2.14 bits per heavy atom. The van der Waals surface area contributed by atoms with Crippen LogP contribution in [0.3, 0.4) is 0 Å². The average Bonchev–Trinajstić information content (AvgIpc) is 2.87. The van der Waals surface area contributed by atoms with Crippen LogP contribution in [-0.4, -0.2) is 11.8 Å². The van der Waals surface area contributed by atoms with E-state index in [4.69, 9.17) is 0 Å². The van der Waals surface area contributed by atoms with E-state index in [9.17, 15) is 9.18 Å². The summed E-state index contributed by atoms with van der Waals surface area (Å²) in [6, 6.07) is 4.85. The zero-order valence-corrected chi connectivity index (χ0v) is 8.01. The van der Waals surface area contributed by atoms with Gasteiger partial charge in [-0.1, -0.05) is 0 Å². The Kier molecular flexibility index (Phi) is 2.23. The van der Waals surface area contributed by atoms with Gasteiger partial charge in [0.15, 0.2) is 5.78 Å². The number of benzene rings is 1. The molecule has 0 aromatic heterocycles. The maximum atomic E-state index is 13.1. The van der Waals surface area contributed by atoms with Gasteiger partial charge in [0, 0.05) is 17.3 Å². The zero-order chi connectivity index (χ0) is 10.1. The number of Topliss-reactive ketones (excluding diaryl/α,β-unsaturated/α-hetero) is 1. The first-order valence-electron chi connectivity index (χ1n) is 4.73. The van der Waals surface area contributed by atoms with E-state index >= 15 is 0 Å². The molecule has 0 aliphatic heterocycles. The van der Waals surface area contributed by atoms with Gasteiger partial charge < -0.3 is 5.32 Å². The molecule has 14 heavy (non-hydrogen) atoms. The lowest BCUT2D eigenvalue weighted by atomic mass is 10.1. The quantitative estimate of drug-likeness (QED) is 0.747. The van der Waals surface area contributed by atoms with Crippen LogP contribution in [0.5, 0.6) is 0 Å². The van der Waals surface area contributed by atoms with E-state index in [0.29, 0.717) is 17.3 Å². The number of ketones is 1. The van der Waals surface area contributed by atoms with Crippen molar-refractivity contribution in [3.8, 4) is 0 Å². The van der Waals surface area contributed by atoms with Gasteiger partial charge in [0.25, 0.3) is 0 Å². The zero-order valence-electron chi connectivity index (χ0n) is 8.01. The highest BCUT2D eigenvalue weighted by atomic mass is 19.1. The highest BCUT2D eigenvalue weighted by Crippen LogP contribution is 2.25. The molecule has 1 aromatic carbocycles. The Morgan fingerprint density at radius 3 is 2.71 bits per heavy atom. The number of rotatable bonds is 3. The minimum atomic E-state index is -0.360. The van der Waals surface area contributed by atoms with Crippen molar-refractivity contribution in [2.24, 2.45) is 0 Å². The molecule has 0 heterocycles. The first-order chi connectivity index (χ1) is 6.65. The van der Waals surface area contributed by atoms with E-state index in [1.165, 1.54) is 19.1 Å². The minimum absolute atomic E-state index is 0.108. The lowest BCUT2D eigenvalue weighted by molar-refractivity contribution is 0.101. The summed E-state index contributed by atoms with van der Waals surface area (Å²) in [7, 11) is 0. The molecule has 74 valence electrons. The fraction of sp³-hybridized carbons (Fsp3) is 0.364. The molecule has 1 aliphatic carbocycles. The number of nitrogens with one attached hydrogen (secondary N) is 1. The Balaban J connectivity index is 2.25. The molecule has 1 aromatic rings. The highest BCUT2D eigenvalue weighted by Gasteiger charge is 2.21. The number of halogens is 1. The lowest BCUT2D eigenvalue weighted by Gasteiger charge is -2.06. The molecule has 0 saturated heterocycles. The molecule has 0 atom stereocenters. The van der Waals surface area contributed by atoms with E-state index in [1.807, 2.05) is 0 Å². The SMILES string of the molecule is CC(=O)c1cc(F)cc(NC2CC2)c1. The van der Waals surface area contributed by atoms with E-state index in [2.05, 4.69) is 5.32 Å². The molecule has 1 saturated carbocycles.